The molecule has 1 heterocycles. The first-order chi connectivity index (χ1) is 9.11. The standard InChI is InChI=1S/C16H25N3/c1-5-8-19-15-7-6-13(4)9-14(15)18-16(19)11-17-10-12(2)3/h6-7,9,12,17H,5,8,10-11H2,1-4H3. The molecule has 104 valence electrons. The van der Waals surface area contributed by atoms with E-state index in [1.54, 1.807) is 0 Å². The van der Waals surface area contributed by atoms with Crippen LogP contribution in [0.5, 0.6) is 0 Å². The highest BCUT2D eigenvalue weighted by Crippen LogP contribution is 2.18. The summed E-state index contributed by atoms with van der Waals surface area (Å²) in [4.78, 5) is 4.79. The van der Waals surface area contributed by atoms with Gasteiger partial charge in [0, 0.05) is 6.54 Å². The average molecular weight is 259 g/mol. The lowest BCUT2D eigenvalue weighted by Gasteiger charge is -2.10. The van der Waals surface area contributed by atoms with E-state index < -0.39 is 0 Å². The highest BCUT2D eigenvalue weighted by Gasteiger charge is 2.09. The molecular formula is C16H25N3. The third kappa shape index (κ3) is 3.35. The van der Waals surface area contributed by atoms with Gasteiger partial charge in [-0.05, 0) is 43.5 Å². The van der Waals surface area contributed by atoms with E-state index in [1.807, 2.05) is 0 Å². The molecule has 1 aromatic heterocycles. The zero-order valence-corrected chi connectivity index (χ0v) is 12.5. The van der Waals surface area contributed by atoms with Gasteiger partial charge in [0.2, 0.25) is 0 Å². The Balaban J connectivity index is 2.27. The van der Waals surface area contributed by atoms with E-state index in [0.29, 0.717) is 5.92 Å². The summed E-state index contributed by atoms with van der Waals surface area (Å²) < 4.78 is 2.35. The van der Waals surface area contributed by atoms with Crippen molar-refractivity contribution in [3.63, 3.8) is 0 Å². The van der Waals surface area contributed by atoms with Crippen LogP contribution in [-0.2, 0) is 13.1 Å². The maximum atomic E-state index is 4.79. The highest BCUT2D eigenvalue weighted by molar-refractivity contribution is 5.76. The summed E-state index contributed by atoms with van der Waals surface area (Å²) in [6.07, 6.45) is 1.14. The van der Waals surface area contributed by atoms with Crippen LogP contribution in [0.4, 0.5) is 0 Å². The molecule has 3 nitrogen and oxygen atoms in total. The molecule has 1 N–H and O–H groups in total. The number of hydrogen-bond acceptors (Lipinski definition) is 2. The van der Waals surface area contributed by atoms with E-state index in [2.05, 4.69) is 55.8 Å². The predicted octanol–water partition coefficient (Wildman–Crippen LogP) is 3.50. The third-order valence-corrected chi connectivity index (χ3v) is 3.27. The van der Waals surface area contributed by atoms with Crippen LogP contribution in [0, 0.1) is 12.8 Å². The van der Waals surface area contributed by atoms with Crippen molar-refractivity contribution >= 4 is 11.0 Å². The van der Waals surface area contributed by atoms with Gasteiger partial charge in [-0.3, -0.25) is 0 Å². The Morgan fingerprint density at radius 3 is 2.79 bits per heavy atom. The number of aromatic nitrogens is 2. The lowest BCUT2D eigenvalue weighted by molar-refractivity contribution is 0.528. The Kier molecular flexibility index (Phi) is 4.59. The lowest BCUT2D eigenvalue weighted by atomic mass is 10.2. The van der Waals surface area contributed by atoms with E-state index >= 15 is 0 Å². The number of nitrogens with zero attached hydrogens (tertiary/aromatic N) is 2. The number of benzene rings is 1. The van der Waals surface area contributed by atoms with Crippen LogP contribution < -0.4 is 5.32 Å². The van der Waals surface area contributed by atoms with E-state index in [-0.39, 0.29) is 0 Å². The first-order valence-corrected chi connectivity index (χ1v) is 7.28. The fourth-order valence-electron chi connectivity index (χ4n) is 2.37. The van der Waals surface area contributed by atoms with Crippen LogP contribution in [0.2, 0.25) is 0 Å². The largest absolute Gasteiger partial charge is 0.327 e. The second-order valence-electron chi connectivity index (χ2n) is 5.70. The first-order valence-electron chi connectivity index (χ1n) is 7.28. The van der Waals surface area contributed by atoms with Crippen molar-refractivity contribution in [3.05, 3.63) is 29.6 Å². The number of rotatable bonds is 6. The summed E-state index contributed by atoms with van der Waals surface area (Å²) in [6, 6.07) is 6.54. The summed E-state index contributed by atoms with van der Waals surface area (Å²) in [5.74, 6) is 1.83. The average Bonchev–Trinajstić information content (AvgIpc) is 2.67. The third-order valence-electron chi connectivity index (χ3n) is 3.27. The maximum Gasteiger partial charge on any atom is 0.123 e. The van der Waals surface area contributed by atoms with Crippen molar-refractivity contribution in [2.75, 3.05) is 6.54 Å². The SMILES string of the molecule is CCCn1c(CNCC(C)C)nc2cc(C)ccc21. The number of imidazole rings is 1. The van der Waals surface area contributed by atoms with E-state index in [4.69, 9.17) is 4.98 Å². The van der Waals surface area contributed by atoms with Crippen LogP contribution in [0.3, 0.4) is 0 Å². The van der Waals surface area contributed by atoms with Crippen LogP contribution in [0.15, 0.2) is 18.2 Å². The van der Waals surface area contributed by atoms with Gasteiger partial charge >= 0.3 is 0 Å². The topological polar surface area (TPSA) is 29.9 Å². The fourth-order valence-corrected chi connectivity index (χ4v) is 2.37. The molecule has 0 radical (unpaired) electrons. The van der Waals surface area contributed by atoms with Crippen molar-refractivity contribution < 1.29 is 0 Å². The molecule has 19 heavy (non-hydrogen) atoms. The fraction of sp³-hybridized carbons (Fsp3) is 0.562. The van der Waals surface area contributed by atoms with Gasteiger partial charge in [0.05, 0.1) is 17.6 Å². The minimum absolute atomic E-state index is 0.672. The van der Waals surface area contributed by atoms with Gasteiger partial charge in [-0.25, -0.2) is 4.98 Å². The number of nitrogens with one attached hydrogen (secondary N) is 1. The lowest BCUT2D eigenvalue weighted by Crippen LogP contribution is -2.21. The van der Waals surface area contributed by atoms with Crippen LogP contribution in [0.1, 0.15) is 38.6 Å². The molecule has 0 saturated carbocycles. The molecule has 2 rings (SSSR count). The molecule has 3 heteroatoms. The zero-order chi connectivity index (χ0) is 13.8. The van der Waals surface area contributed by atoms with Crippen molar-refractivity contribution in [2.45, 2.75) is 47.2 Å². The van der Waals surface area contributed by atoms with Crippen molar-refractivity contribution in [1.29, 1.82) is 0 Å². The first kappa shape index (κ1) is 14.1. The molecule has 0 saturated heterocycles. The van der Waals surface area contributed by atoms with Gasteiger partial charge in [-0.2, -0.15) is 0 Å². The summed E-state index contributed by atoms with van der Waals surface area (Å²) in [5.41, 5.74) is 3.65. The normalized spacial score (nSPS) is 11.6. The van der Waals surface area contributed by atoms with Gasteiger partial charge in [0.25, 0.3) is 0 Å². The van der Waals surface area contributed by atoms with Gasteiger partial charge in [-0.1, -0.05) is 26.8 Å². The molecule has 0 unspecified atom stereocenters. The van der Waals surface area contributed by atoms with Crippen molar-refractivity contribution in [1.82, 2.24) is 14.9 Å². The zero-order valence-electron chi connectivity index (χ0n) is 12.5. The van der Waals surface area contributed by atoms with E-state index in [0.717, 1.165) is 37.4 Å². The minimum Gasteiger partial charge on any atom is -0.327 e. The molecule has 0 amide bonds. The van der Waals surface area contributed by atoms with Crippen LogP contribution >= 0.6 is 0 Å². The Labute approximate surface area is 116 Å². The maximum absolute atomic E-state index is 4.79. The molecule has 0 spiro atoms. The summed E-state index contributed by atoms with van der Waals surface area (Å²) in [7, 11) is 0. The number of hydrogen-bond donors (Lipinski definition) is 1. The molecule has 0 fully saturated rings. The quantitative estimate of drug-likeness (QED) is 0.860. The molecule has 0 atom stereocenters. The summed E-state index contributed by atoms with van der Waals surface area (Å²) >= 11 is 0. The molecule has 2 aromatic rings. The van der Waals surface area contributed by atoms with Crippen LogP contribution in [-0.4, -0.2) is 16.1 Å². The van der Waals surface area contributed by atoms with Crippen molar-refractivity contribution in [3.8, 4) is 0 Å². The molecule has 0 aliphatic rings. The molecule has 0 aliphatic carbocycles. The van der Waals surface area contributed by atoms with Gasteiger partial charge in [-0.15, -0.1) is 0 Å². The second kappa shape index (κ2) is 6.20. The number of fused-ring (bicyclic) bond motifs is 1. The van der Waals surface area contributed by atoms with Gasteiger partial charge < -0.3 is 9.88 Å². The Hall–Kier alpha value is -1.35. The Morgan fingerprint density at radius 1 is 1.32 bits per heavy atom. The molecular weight excluding hydrogens is 234 g/mol. The summed E-state index contributed by atoms with van der Waals surface area (Å²) in [5, 5.41) is 3.49. The molecule has 0 bridgehead atoms. The van der Waals surface area contributed by atoms with E-state index in [1.165, 1.54) is 11.1 Å². The second-order valence-corrected chi connectivity index (χ2v) is 5.70. The Morgan fingerprint density at radius 2 is 2.11 bits per heavy atom. The van der Waals surface area contributed by atoms with E-state index in [9.17, 15) is 0 Å². The van der Waals surface area contributed by atoms with Gasteiger partial charge in [0.1, 0.15) is 5.82 Å². The smallest absolute Gasteiger partial charge is 0.123 e. The highest BCUT2D eigenvalue weighted by atomic mass is 15.1. The Bertz CT molecular complexity index is 540. The minimum atomic E-state index is 0.672. The van der Waals surface area contributed by atoms with Gasteiger partial charge in [0.15, 0.2) is 0 Å². The summed E-state index contributed by atoms with van der Waals surface area (Å²) in [6.45, 7) is 11.7. The monoisotopic (exact) mass is 259 g/mol. The molecule has 0 aliphatic heterocycles. The predicted molar refractivity (Wildman–Crippen MR) is 81.3 cm³/mol. The van der Waals surface area contributed by atoms with Crippen molar-refractivity contribution in [2.24, 2.45) is 5.92 Å². The van der Waals surface area contributed by atoms with Crippen LogP contribution in [0.25, 0.3) is 11.0 Å². The molecule has 1 aromatic carbocycles. The number of aryl methyl sites for hydroxylation is 2.